The third-order valence-electron chi connectivity index (χ3n) is 4.03. The summed E-state index contributed by atoms with van der Waals surface area (Å²) in [6, 6.07) is 6.76. The molecule has 0 amide bonds. The number of nitrogens with one attached hydrogen (secondary N) is 1. The summed E-state index contributed by atoms with van der Waals surface area (Å²) in [5, 5.41) is 1.55. The zero-order valence-electron chi connectivity index (χ0n) is 14.6. The quantitative estimate of drug-likeness (QED) is 0.668. The molecule has 0 atom stereocenters. The van der Waals surface area contributed by atoms with Crippen molar-refractivity contribution in [1.29, 1.82) is 0 Å². The van der Waals surface area contributed by atoms with Gasteiger partial charge in [-0.25, -0.2) is 13.2 Å². The molecular formula is C18H18N2O4S2. The number of rotatable bonds is 5. The van der Waals surface area contributed by atoms with Crippen molar-refractivity contribution in [2.45, 2.75) is 25.7 Å². The van der Waals surface area contributed by atoms with Gasteiger partial charge in [0.05, 0.1) is 17.1 Å². The van der Waals surface area contributed by atoms with Crippen LogP contribution in [0, 0.1) is 13.8 Å². The molecule has 6 nitrogen and oxygen atoms in total. The van der Waals surface area contributed by atoms with Crippen LogP contribution in [0.2, 0.25) is 0 Å². The van der Waals surface area contributed by atoms with Crippen LogP contribution in [0.4, 0.5) is 5.00 Å². The first-order chi connectivity index (χ1) is 12.3. The minimum absolute atomic E-state index is 0.113. The summed E-state index contributed by atoms with van der Waals surface area (Å²) in [6.07, 6.45) is 3.12. The van der Waals surface area contributed by atoms with Crippen molar-refractivity contribution < 1.29 is 17.9 Å². The highest BCUT2D eigenvalue weighted by atomic mass is 32.2. The van der Waals surface area contributed by atoms with Crippen molar-refractivity contribution in [1.82, 2.24) is 4.98 Å². The van der Waals surface area contributed by atoms with Gasteiger partial charge in [0.25, 0.3) is 10.0 Å². The highest BCUT2D eigenvalue weighted by molar-refractivity contribution is 7.93. The van der Waals surface area contributed by atoms with Gasteiger partial charge in [-0.1, -0.05) is 12.1 Å². The lowest BCUT2D eigenvalue weighted by atomic mass is 10.2. The SMILES string of the molecule is CCOC(=O)c1c(NS(=O)(=O)c2cccc3ccncc23)sc(C)c1C. The maximum absolute atomic E-state index is 13.0. The van der Waals surface area contributed by atoms with Crippen molar-refractivity contribution in [3.05, 3.63) is 52.7 Å². The van der Waals surface area contributed by atoms with Gasteiger partial charge in [-0.15, -0.1) is 11.3 Å². The van der Waals surface area contributed by atoms with Crippen molar-refractivity contribution in [2.75, 3.05) is 11.3 Å². The Morgan fingerprint density at radius 2 is 2.04 bits per heavy atom. The average Bonchev–Trinajstić information content (AvgIpc) is 2.87. The van der Waals surface area contributed by atoms with Crippen LogP contribution in [-0.4, -0.2) is 26.0 Å². The summed E-state index contributed by atoms with van der Waals surface area (Å²) >= 11 is 1.22. The second-order valence-electron chi connectivity index (χ2n) is 5.67. The number of sulfonamides is 1. The van der Waals surface area contributed by atoms with Gasteiger partial charge in [-0.2, -0.15) is 0 Å². The van der Waals surface area contributed by atoms with Crippen LogP contribution in [-0.2, 0) is 14.8 Å². The molecule has 0 unspecified atom stereocenters. The Morgan fingerprint density at radius 3 is 2.77 bits per heavy atom. The predicted octanol–water partition coefficient (Wildman–Crippen LogP) is 3.89. The number of anilines is 1. The number of pyridine rings is 1. The molecule has 0 aliphatic heterocycles. The van der Waals surface area contributed by atoms with Crippen LogP contribution in [0.25, 0.3) is 10.8 Å². The zero-order valence-corrected chi connectivity index (χ0v) is 16.2. The van der Waals surface area contributed by atoms with E-state index in [1.54, 1.807) is 32.2 Å². The molecule has 1 N–H and O–H groups in total. The molecule has 0 aliphatic carbocycles. The number of fused-ring (bicyclic) bond motifs is 1. The van der Waals surface area contributed by atoms with Crippen molar-refractivity contribution in [2.24, 2.45) is 0 Å². The number of carbonyl (C=O) groups is 1. The number of benzene rings is 1. The molecule has 0 fully saturated rings. The van der Waals surface area contributed by atoms with E-state index in [2.05, 4.69) is 9.71 Å². The second kappa shape index (κ2) is 7.05. The monoisotopic (exact) mass is 390 g/mol. The molecule has 3 aromatic rings. The minimum Gasteiger partial charge on any atom is -0.462 e. The Labute approximate surface area is 155 Å². The van der Waals surface area contributed by atoms with E-state index in [0.717, 1.165) is 10.3 Å². The lowest BCUT2D eigenvalue weighted by Crippen LogP contribution is -2.16. The van der Waals surface area contributed by atoms with Crippen LogP contribution >= 0.6 is 11.3 Å². The number of carbonyl (C=O) groups excluding carboxylic acids is 1. The van der Waals surface area contributed by atoms with Gasteiger partial charge in [0.15, 0.2) is 0 Å². The van der Waals surface area contributed by atoms with Gasteiger partial charge in [-0.3, -0.25) is 9.71 Å². The Bertz CT molecular complexity index is 1080. The zero-order chi connectivity index (χ0) is 18.9. The molecule has 26 heavy (non-hydrogen) atoms. The molecule has 8 heteroatoms. The number of hydrogen-bond donors (Lipinski definition) is 1. The molecule has 0 aliphatic rings. The Kier molecular flexibility index (Phi) is 4.97. The first-order valence-electron chi connectivity index (χ1n) is 7.97. The van der Waals surface area contributed by atoms with E-state index in [0.29, 0.717) is 10.9 Å². The van der Waals surface area contributed by atoms with E-state index in [1.165, 1.54) is 23.6 Å². The molecule has 2 aromatic heterocycles. The van der Waals surface area contributed by atoms with Gasteiger partial charge in [0, 0.05) is 22.7 Å². The summed E-state index contributed by atoms with van der Waals surface area (Å²) < 4.78 is 33.6. The normalized spacial score (nSPS) is 11.5. The van der Waals surface area contributed by atoms with Crippen LogP contribution in [0.1, 0.15) is 27.7 Å². The molecule has 0 bridgehead atoms. The number of thiophene rings is 1. The molecular weight excluding hydrogens is 372 g/mol. The van der Waals surface area contributed by atoms with E-state index < -0.39 is 16.0 Å². The number of aryl methyl sites for hydroxylation is 1. The highest BCUT2D eigenvalue weighted by Crippen LogP contribution is 2.35. The summed E-state index contributed by atoms with van der Waals surface area (Å²) in [7, 11) is -3.90. The molecule has 2 heterocycles. The lowest BCUT2D eigenvalue weighted by Gasteiger charge is -2.11. The van der Waals surface area contributed by atoms with Gasteiger partial charge in [0.1, 0.15) is 5.00 Å². The standard InChI is InChI=1S/C18H18N2O4S2/c1-4-24-18(21)16-11(2)12(3)25-17(16)20-26(22,23)15-7-5-6-13-8-9-19-10-14(13)15/h5-10,20H,4H2,1-3H3. The fourth-order valence-electron chi connectivity index (χ4n) is 2.64. The molecule has 0 radical (unpaired) electrons. The number of hydrogen-bond acceptors (Lipinski definition) is 6. The van der Waals surface area contributed by atoms with Gasteiger partial charge in [0.2, 0.25) is 0 Å². The lowest BCUT2D eigenvalue weighted by molar-refractivity contribution is 0.0527. The average molecular weight is 390 g/mol. The number of aromatic nitrogens is 1. The first-order valence-corrected chi connectivity index (χ1v) is 10.3. The third kappa shape index (κ3) is 3.30. The Morgan fingerprint density at radius 1 is 1.27 bits per heavy atom. The van der Waals surface area contributed by atoms with Crippen molar-refractivity contribution in [3.8, 4) is 0 Å². The largest absolute Gasteiger partial charge is 0.462 e. The minimum atomic E-state index is -3.90. The van der Waals surface area contributed by atoms with E-state index in [9.17, 15) is 13.2 Å². The first kappa shape index (κ1) is 18.3. The molecule has 0 saturated heterocycles. The highest BCUT2D eigenvalue weighted by Gasteiger charge is 2.25. The summed E-state index contributed by atoms with van der Waals surface area (Å²) in [6.45, 7) is 5.54. The number of ether oxygens (including phenoxy) is 1. The van der Waals surface area contributed by atoms with Crippen LogP contribution in [0.3, 0.4) is 0 Å². The molecule has 136 valence electrons. The number of nitrogens with zero attached hydrogens (tertiary/aromatic N) is 1. The fourth-order valence-corrected chi connectivity index (χ4v) is 5.21. The van der Waals surface area contributed by atoms with Crippen LogP contribution in [0.15, 0.2) is 41.6 Å². The summed E-state index contributed by atoms with van der Waals surface area (Å²) in [5.74, 6) is -0.536. The van der Waals surface area contributed by atoms with E-state index in [4.69, 9.17) is 4.74 Å². The van der Waals surface area contributed by atoms with Crippen LogP contribution in [0.5, 0.6) is 0 Å². The predicted molar refractivity (Wildman–Crippen MR) is 102 cm³/mol. The van der Waals surface area contributed by atoms with Crippen molar-refractivity contribution >= 4 is 43.1 Å². The fraction of sp³-hybridized carbons (Fsp3) is 0.222. The Hall–Kier alpha value is -2.45. The second-order valence-corrected chi connectivity index (χ2v) is 8.54. The molecule has 3 rings (SSSR count). The smallest absolute Gasteiger partial charge is 0.341 e. The third-order valence-corrected chi connectivity index (χ3v) is 6.68. The molecule has 1 aromatic carbocycles. The number of esters is 1. The maximum Gasteiger partial charge on any atom is 0.341 e. The van der Waals surface area contributed by atoms with Gasteiger partial charge in [-0.05, 0) is 43.9 Å². The van der Waals surface area contributed by atoms with Crippen LogP contribution < -0.4 is 4.72 Å². The summed E-state index contributed by atoms with van der Waals surface area (Å²) in [5.41, 5.74) is 0.974. The van der Waals surface area contributed by atoms with E-state index in [-0.39, 0.29) is 22.1 Å². The van der Waals surface area contributed by atoms with Gasteiger partial charge < -0.3 is 4.74 Å². The van der Waals surface area contributed by atoms with Crippen molar-refractivity contribution in [3.63, 3.8) is 0 Å². The molecule has 0 spiro atoms. The van der Waals surface area contributed by atoms with Gasteiger partial charge >= 0.3 is 5.97 Å². The van der Waals surface area contributed by atoms with E-state index in [1.807, 2.05) is 13.0 Å². The maximum atomic E-state index is 13.0. The molecule has 0 saturated carbocycles. The summed E-state index contributed by atoms with van der Waals surface area (Å²) in [4.78, 5) is 17.3. The van der Waals surface area contributed by atoms with E-state index >= 15 is 0 Å². The Balaban J connectivity index is 2.08. The topological polar surface area (TPSA) is 85.4 Å².